The first-order valence-corrected chi connectivity index (χ1v) is 7.16. The summed E-state index contributed by atoms with van der Waals surface area (Å²) in [5.74, 6) is 0. The molecule has 0 amide bonds. The predicted molar refractivity (Wildman–Crippen MR) is 78.3 cm³/mol. The topological polar surface area (TPSA) is 42.7 Å². The van der Waals surface area contributed by atoms with Crippen LogP contribution in [0.25, 0.3) is 0 Å². The Morgan fingerprint density at radius 1 is 1.39 bits per heavy atom. The van der Waals surface area contributed by atoms with Crippen LogP contribution >= 0.6 is 31.9 Å². The third-order valence-electron chi connectivity index (χ3n) is 2.75. The molecule has 2 aromatic rings. The van der Waals surface area contributed by atoms with Crippen molar-refractivity contribution in [1.82, 2.24) is 20.3 Å². The van der Waals surface area contributed by atoms with Gasteiger partial charge in [-0.05, 0) is 24.7 Å². The van der Waals surface area contributed by atoms with Gasteiger partial charge in [-0.1, -0.05) is 43.1 Å². The molecule has 1 heterocycles. The number of benzene rings is 1. The number of aryl methyl sites for hydroxylation is 1. The maximum Gasteiger partial charge on any atom is 0.0845 e. The smallest absolute Gasteiger partial charge is 0.0845 e. The van der Waals surface area contributed by atoms with Gasteiger partial charge in [-0.25, -0.2) is 0 Å². The Bertz CT molecular complexity index is 539. The number of nitrogens with one attached hydrogen (secondary N) is 1. The standard InChI is InChI=1S/C12H14Br2N4/c1-15-12(6-9-7-18(2)17-16-9)10-4-3-8(13)5-11(10)14/h3-5,7,12,15H,6H2,1-2H3. The number of hydrogen-bond donors (Lipinski definition) is 1. The monoisotopic (exact) mass is 372 g/mol. The van der Waals surface area contributed by atoms with Crippen LogP contribution in [0.3, 0.4) is 0 Å². The van der Waals surface area contributed by atoms with E-state index in [-0.39, 0.29) is 6.04 Å². The van der Waals surface area contributed by atoms with Gasteiger partial charge in [0, 0.05) is 34.7 Å². The second kappa shape index (κ2) is 5.95. The van der Waals surface area contributed by atoms with Crippen molar-refractivity contribution in [2.75, 3.05) is 7.05 Å². The minimum atomic E-state index is 0.212. The maximum absolute atomic E-state index is 4.12. The SMILES string of the molecule is CNC(Cc1cn(C)nn1)c1ccc(Br)cc1Br. The Hall–Kier alpha value is -0.720. The molecule has 2 rings (SSSR count). The van der Waals surface area contributed by atoms with E-state index >= 15 is 0 Å². The molecule has 18 heavy (non-hydrogen) atoms. The van der Waals surface area contributed by atoms with Crippen LogP contribution in [-0.2, 0) is 13.5 Å². The van der Waals surface area contributed by atoms with E-state index < -0.39 is 0 Å². The quantitative estimate of drug-likeness (QED) is 0.895. The van der Waals surface area contributed by atoms with Crippen molar-refractivity contribution < 1.29 is 0 Å². The summed E-state index contributed by atoms with van der Waals surface area (Å²) >= 11 is 7.06. The molecule has 1 unspecified atom stereocenters. The average Bonchev–Trinajstić information content (AvgIpc) is 2.72. The molecule has 1 atom stereocenters. The molecule has 0 fully saturated rings. The molecule has 4 nitrogen and oxygen atoms in total. The van der Waals surface area contributed by atoms with E-state index in [2.05, 4.69) is 59.6 Å². The van der Waals surface area contributed by atoms with Gasteiger partial charge in [0.05, 0.1) is 5.69 Å². The van der Waals surface area contributed by atoms with E-state index in [1.807, 2.05) is 26.4 Å². The summed E-state index contributed by atoms with van der Waals surface area (Å²) in [6.45, 7) is 0. The highest BCUT2D eigenvalue weighted by Crippen LogP contribution is 2.28. The molecule has 0 saturated heterocycles. The molecule has 0 aliphatic rings. The number of halogens is 2. The van der Waals surface area contributed by atoms with Crippen molar-refractivity contribution in [2.24, 2.45) is 7.05 Å². The Kier molecular flexibility index (Phi) is 4.53. The van der Waals surface area contributed by atoms with Crippen molar-refractivity contribution in [1.29, 1.82) is 0 Å². The van der Waals surface area contributed by atoms with E-state index in [1.165, 1.54) is 5.56 Å². The number of hydrogen-bond acceptors (Lipinski definition) is 3. The highest BCUT2D eigenvalue weighted by Gasteiger charge is 2.15. The number of likely N-dealkylation sites (N-methyl/N-ethyl adjacent to an activating group) is 1. The molecular formula is C12H14Br2N4. The van der Waals surface area contributed by atoms with Gasteiger partial charge in [-0.2, -0.15) is 0 Å². The Balaban J connectivity index is 2.22. The van der Waals surface area contributed by atoms with Crippen molar-refractivity contribution in [2.45, 2.75) is 12.5 Å². The van der Waals surface area contributed by atoms with E-state index in [9.17, 15) is 0 Å². The fourth-order valence-corrected chi connectivity index (χ4v) is 3.17. The van der Waals surface area contributed by atoms with Crippen molar-refractivity contribution in [3.05, 3.63) is 44.6 Å². The summed E-state index contributed by atoms with van der Waals surface area (Å²) < 4.78 is 3.87. The van der Waals surface area contributed by atoms with Gasteiger partial charge >= 0.3 is 0 Å². The minimum Gasteiger partial charge on any atom is -0.313 e. The molecule has 0 spiro atoms. The van der Waals surface area contributed by atoms with Gasteiger partial charge in [-0.15, -0.1) is 5.10 Å². The normalized spacial score (nSPS) is 12.7. The number of nitrogens with zero attached hydrogens (tertiary/aromatic N) is 3. The Labute approximate surface area is 123 Å². The molecule has 0 radical (unpaired) electrons. The zero-order valence-corrected chi connectivity index (χ0v) is 13.4. The first-order valence-electron chi connectivity index (χ1n) is 5.57. The van der Waals surface area contributed by atoms with E-state index in [1.54, 1.807) is 4.68 Å². The van der Waals surface area contributed by atoms with Crippen molar-refractivity contribution in [3.63, 3.8) is 0 Å². The molecule has 1 aromatic heterocycles. The van der Waals surface area contributed by atoms with Gasteiger partial charge in [-0.3, -0.25) is 4.68 Å². The second-order valence-electron chi connectivity index (χ2n) is 4.09. The van der Waals surface area contributed by atoms with Gasteiger partial charge in [0.2, 0.25) is 0 Å². The highest BCUT2D eigenvalue weighted by atomic mass is 79.9. The molecule has 0 aliphatic carbocycles. The lowest BCUT2D eigenvalue weighted by Gasteiger charge is -2.17. The van der Waals surface area contributed by atoms with Crippen LogP contribution in [0.15, 0.2) is 33.3 Å². The Morgan fingerprint density at radius 2 is 2.17 bits per heavy atom. The van der Waals surface area contributed by atoms with Crippen LogP contribution in [0, 0.1) is 0 Å². The summed E-state index contributed by atoms with van der Waals surface area (Å²) in [7, 11) is 3.83. The van der Waals surface area contributed by atoms with Gasteiger partial charge in [0.25, 0.3) is 0 Å². The Morgan fingerprint density at radius 3 is 2.72 bits per heavy atom. The maximum atomic E-state index is 4.12. The van der Waals surface area contributed by atoms with Crippen molar-refractivity contribution >= 4 is 31.9 Å². The number of rotatable bonds is 4. The third kappa shape index (κ3) is 3.18. The van der Waals surface area contributed by atoms with Gasteiger partial charge in [0.1, 0.15) is 0 Å². The minimum absolute atomic E-state index is 0.212. The second-order valence-corrected chi connectivity index (χ2v) is 5.86. The zero-order chi connectivity index (χ0) is 13.1. The first-order chi connectivity index (χ1) is 8.60. The molecule has 1 N–H and O–H groups in total. The predicted octanol–water partition coefficient (Wildman–Crippen LogP) is 2.84. The summed E-state index contributed by atoms with van der Waals surface area (Å²) in [5, 5.41) is 11.4. The third-order valence-corrected chi connectivity index (χ3v) is 3.93. The molecule has 1 aromatic carbocycles. The molecule has 96 valence electrons. The largest absolute Gasteiger partial charge is 0.313 e. The summed E-state index contributed by atoms with van der Waals surface area (Å²) in [5.41, 5.74) is 2.19. The van der Waals surface area contributed by atoms with Gasteiger partial charge < -0.3 is 5.32 Å². The lowest BCUT2D eigenvalue weighted by molar-refractivity contribution is 0.581. The molecular weight excluding hydrogens is 360 g/mol. The molecule has 6 heteroatoms. The summed E-state index contributed by atoms with van der Waals surface area (Å²) in [4.78, 5) is 0. The van der Waals surface area contributed by atoms with Crippen LogP contribution in [0.5, 0.6) is 0 Å². The lowest BCUT2D eigenvalue weighted by Crippen LogP contribution is -2.19. The fourth-order valence-electron chi connectivity index (χ4n) is 1.85. The van der Waals surface area contributed by atoms with E-state index in [4.69, 9.17) is 0 Å². The first kappa shape index (κ1) is 13.7. The van der Waals surface area contributed by atoms with Gasteiger partial charge in [0.15, 0.2) is 0 Å². The highest BCUT2D eigenvalue weighted by molar-refractivity contribution is 9.11. The van der Waals surface area contributed by atoms with E-state index in [0.29, 0.717) is 0 Å². The van der Waals surface area contributed by atoms with Crippen LogP contribution < -0.4 is 5.32 Å². The fraction of sp³-hybridized carbons (Fsp3) is 0.333. The van der Waals surface area contributed by atoms with Crippen LogP contribution in [-0.4, -0.2) is 22.0 Å². The molecule has 0 saturated carbocycles. The van der Waals surface area contributed by atoms with Crippen molar-refractivity contribution in [3.8, 4) is 0 Å². The van der Waals surface area contributed by atoms with Crippen LogP contribution in [0.4, 0.5) is 0 Å². The number of aromatic nitrogens is 3. The average molecular weight is 374 g/mol. The van der Waals surface area contributed by atoms with E-state index in [0.717, 1.165) is 21.1 Å². The molecule has 0 aliphatic heterocycles. The van der Waals surface area contributed by atoms with Crippen LogP contribution in [0.2, 0.25) is 0 Å². The zero-order valence-electron chi connectivity index (χ0n) is 10.2. The van der Waals surface area contributed by atoms with Crippen LogP contribution in [0.1, 0.15) is 17.3 Å². The molecule has 0 bridgehead atoms. The summed E-state index contributed by atoms with van der Waals surface area (Å²) in [6.07, 6.45) is 2.75. The summed E-state index contributed by atoms with van der Waals surface area (Å²) in [6, 6.07) is 6.41. The lowest BCUT2D eigenvalue weighted by atomic mass is 10.0.